The van der Waals surface area contributed by atoms with Gasteiger partial charge in [-0.15, -0.1) is 0 Å². The molecule has 0 aromatic heterocycles. The molecule has 0 amide bonds. The van der Waals surface area contributed by atoms with E-state index in [9.17, 15) is 5.11 Å². The van der Waals surface area contributed by atoms with Crippen LogP contribution >= 0.6 is 11.8 Å². The van der Waals surface area contributed by atoms with Gasteiger partial charge in [0.2, 0.25) is 0 Å². The fourth-order valence-corrected chi connectivity index (χ4v) is 2.32. The first-order valence-electron chi connectivity index (χ1n) is 5.09. The lowest BCUT2D eigenvalue weighted by Gasteiger charge is -2.20. The molecule has 1 aromatic carbocycles. The third-order valence-electron chi connectivity index (χ3n) is 2.20. The molecule has 1 aromatic rings. The molecule has 15 heavy (non-hydrogen) atoms. The van der Waals surface area contributed by atoms with Gasteiger partial charge in [0.25, 0.3) is 0 Å². The highest BCUT2D eigenvalue weighted by molar-refractivity contribution is 7.98. The second kappa shape index (κ2) is 5.54. The summed E-state index contributed by atoms with van der Waals surface area (Å²) in [6, 6.07) is 8.43. The molecule has 0 radical (unpaired) electrons. The van der Waals surface area contributed by atoms with Crippen molar-refractivity contribution >= 4 is 11.8 Å². The van der Waals surface area contributed by atoms with Crippen LogP contribution < -0.4 is 5.73 Å². The Morgan fingerprint density at radius 1 is 1.47 bits per heavy atom. The van der Waals surface area contributed by atoms with E-state index in [0.29, 0.717) is 12.3 Å². The van der Waals surface area contributed by atoms with Crippen LogP contribution in [0, 0.1) is 6.92 Å². The van der Waals surface area contributed by atoms with Crippen molar-refractivity contribution in [2.24, 2.45) is 5.73 Å². The van der Waals surface area contributed by atoms with Crippen molar-refractivity contribution < 1.29 is 5.11 Å². The zero-order valence-electron chi connectivity index (χ0n) is 9.36. The number of hydrogen-bond acceptors (Lipinski definition) is 3. The Morgan fingerprint density at radius 3 is 2.80 bits per heavy atom. The van der Waals surface area contributed by atoms with Crippen LogP contribution in [-0.2, 0) is 5.75 Å². The maximum atomic E-state index is 9.71. The molecule has 0 aliphatic carbocycles. The number of benzene rings is 1. The highest BCUT2D eigenvalue weighted by Gasteiger charge is 2.17. The van der Waals surface area contributed by atoms with Crippen LogP contribution in [0.15, 0.2) is 24.3 Å². The van der Waals surface area contributed by atoms with Crippen LogP contribution in [0.5, 0.6) is 0 Å². The zero-order valence-corrected chi connectivity index (χ0v) is 10.2. The summed E-state index contributed by atoms with van der Waals surface area (Å²) in [5.41, 5.74) is 7.28. The number of aryl methyl sites for hydroxylation is 1. The van der Waals surface area contributed by atoms with Crippen LogP contribution in [0.1, 0.15) is 18.1 Å². The zero-order chi connectivity index (χ0) is 11.3. The number of nitrogens with two attached hydrogens (primary N) is 1. The highest BCUT2D eigenvalue weighted by Crippen LogP contribution is 2.17. The highest BCUT2D eigenvalue weighted by atomic mass is 32.2. The minimum Gasteiger partial charge on any atom is -0.388 e. The molecule has 3 heteroatoms. The van der Waals surface area contributed by atoms with Gasteiger partial charge in [-0.05, 0) is 19.4 Å². The van der Waals surface area contributed by atoms with E-state index < -0.39 is 5.60 Å². The number of aliphatic hydroxyl groups is 1. The van der Waals surface area contributed by atoms with E-state index >= 15 is 0 Å². The summed E-state index contributed by atoms with van der Waals surface area (Å²) in [7, 11) is 0. The van der Waals surface area contributed by atoms with Crippen molar-refractivity contribution in [1.82, 2.24) is 0 Å². The summed E-state index contributed by atoms with van der Waals surface area (Å²) in [6.07, 6.45) is 0. The molecular formula is C12H19NOS. The largest absolute Gasteiger partial charge is 0.388 e. The van der Waals surface area contributed by atoms with Crippen LogP contribution in [0.4, 0.5) is 0 Å². The molecule has 0 heterocycles. The van der Waals surface area contributed by atoms with Crippen LogP contribution in [0.3, 0.4) is 0 Å². The minimum absolute atomic E-state index is 0.313. The van der Waals surface area contributed by atoms with Gasteiger partial charge in [-0.3, -0.25) is 0 Å². The van der Waals surface area contributed by atoms with Crippen LogP contribution in [0.2, 0.25) is 0 Å². The van der Waals surface area contributed by atoms with Gasteiger partial charge in [0.05, 0.1) is 5.60 Å². The van der Waals surface area contributed by atoms with E-state index in [1.54, 1.807) is 18.7 Å². The first-order chi connectivity index (χ1) is 7.03. The molecule has 0 bridgehead atoms. The van der Waals surface area contributed by atoms with E-state index in [0.717, 1.165) is 5.75 Å². The Morgan fingerprint density at radius 2 is 2.20 bits per heavy atom. The van der Waals surface area contributed by atoms with Crippen molar-refractivity contribution in [3.8, 4) is 0 Å². The smallest absolute Gasteiger partial charge is 0.0831 e. The summed E-state index contributed by atoms with van der Waals surface area (Å²) >= 11 is 1.72. The molecule has 1 rings (SSSR count). The monoisotopic (exact) mass is 225 g/mol. The molecule has 3 N–H and O–H groups in total. The van der Waals surface area contributed by atoms with Gasteiger partial charge < -0.3 is 10.8 Å². The molecule has 0 aliphatic heterocycles. The summed E-state index contributed by atoms with van der Waals surface area (Å²) in [5.74, 6) is 1.61. The molecular weight excluding hydrogens is 206 g/mol. The van der Waals surface area contributed by atoms with E-state index in [2.05, 4.69) is 31.2 Å². The Kier molecular flexibility index (Phi) is 4.64. The molecule has 84 valence electrons. The van der Waals surface area contributed by atoms with Gasteiger partial charge in [0, 0.05) is 18.1 Å². The lowest BCUT2D eigenvalue weighted by molar-refractivity contribution is 0.0949. The molecule has 0 aliphatic rings. The predicted octanol–water partition coefficient (Wildman–Crippen LogP) is 1.94. The molecule has 0 fully saturated rings. The lowest BCUT2D eigenvalue weighted by atomic mass is 10.1. The van der Waals surface area contributed by atoms with Crippen molar-refractivity contribution in [2.45, 2.75) is 25.2 Å². The first-order valence-corrected chi connectivity index (χ1v) is 6.25. The quantitative estimate of drug-likeness (QED) is 0.805. The summed E-state index contributed by atoms with van der Waals surface area (Å²) in [5, 5.41) is 9.71. The van der Waals surface area contributed by atoms with E-state index in [4.69, 9.17) is 5.73 Å². The van der Waals surface area contributed by atoms with Crippen molar-refractivity contribution in [3.63, 3.8) is 0 Å². The van der Waals surface area contributed by atoms with Gasteiger partial charge in [-0.2, -0.15) is 11.8 Å². The number of thioether (sulfide) groups is 1. The maximum Gasteiger partial charge on any atom is 0.0831 e. The Labute approximate surface area is 95.9 Å². The van der Waals surface area contributed by atoms with Gasteiger partial charge in [-0.25, -0.2) is 0 Å². The normalized spacial score (nSPS) is 14.9. The van der Waals surface area contributed by atoms with E-state index in [-0.39, 0.29) is 0 Å². The molecule has 2 nitrogen and oxygen atoms in total. The standard InChI is InChI=1S/C12H19NOS/c1-10-4-3-5-11(6-10)7-15-9-12(2,14)8-13/h3-6,14H,7-9,13H2,1-2H3. The Hall–Kier alpha value is -0.510. The second-order valence-corrected chi connectivity index (χ2v) is 5.17. The summed E-state index contributed by atoms with van der Waals surface area (Å²) in [6.45, 7) is 4.17. The molecule has 0 saturated carbocycles. The van der Waals surface area contributed by atoms with Crippen molar-refractivity contribution in [1.29, 1.82) is 0 Å². The Bertz CT molecular complexity index is 312. The maximum absolute atomic E-state index is 9.71. The lowest BCUT2D eigenvalue weighted by Crippen LogP contribution is -2.36. The SMILES string of the molecule is Cc1cccc(CSCC(C)(O)CN)c1. The summed E-state index contributed by atoms with van der Waals surface area (Å²) < 4.78 is 0. The number of hydrogen-bond donors (Lipinski definition) is 2. The third-order valence-corrected chi connectivity index (χ3v) is 3.57. The fraction of sp³-hybridized carbons (Fsp3) is 0.500. The van der Waals surface area contributed by atoms with E-state index in [1.165, 1.54) is 11.1 Å². The topological polar surface area (TPSA) is 46.2 Å². The Balaban J connectivity index is 2.38. The molecule has 1 unspecified atom stereocenters. The fourth-order valence-electron chi connectivity index (χ4n) is 1.25. The molecule has 0 spiro atoms. The average Bonchev–Trinajstić information content (AvgIpc) is 2.18. The molecule has 1 atom stereocenters. The minimum atomic E-state index is -0.742. The summed E-state index contributed by atoms with van der Waals surface area (Å²) in [4.78, 5) is 0. The van der Waals surface area contributed by atoms with Crippen LogP contribution in [-0.4, -0.2) is 23.0 Å². The van der Waals surface area contributed by atoms with Gasteiger partial charge in [0.15, 0.2) is 0 Å². The van der Waals surface area contributed by atoms with Crippen molar-refractivity contribution in [2.75, 3.05) is 12.3 Å². The first kappa shape index (κ1) is 12.6. The second-order valence-electron chi connectivity index (χ2n) is 4.18. The van der Waals surface area contributed by atoms with E-state index in [1.807, 2.05) is 0 Å². The van der Waals surface area contributed by atoms with Crippen LogP contribution in [0.25, 0.3) is 0 Å². The third kappa shape index (κ3) is 4.69. The average molecular weight is 225 g/mol. The predicted molar refractivity (Wildman–Crippen MR) is 67.0 cm³/mol. The number of rotatable bonds is 5. The van der Waals surface area contributed by atoms with Gasteiger partial charge >= 0.3 is 0 Å². The molecule has 0 saturated heterocycles. The van der Waals surface area contributed by atoms with Gasteiger partial charge in [0.1, 0.15) is 0 Å². The van der Waals surface area contributed by atoms with Gasteiger partial charge in [-0.1, -0.05) is 29.8 Å². The van der Waals surface area contributed by atoms with Crippen molar-refractivity contribution in [3.05, 3.63) is 35.4 Å².